The third-order valence-corrected chi connectivity index (χ3v) is 5.92. The van der Waals surface area contributed by atoms with E-state index in [2.05, 4.69) is 0 Å². The summed E-state index contributed by atoms with van der Waals surface area (Å²) >= 11 is 0. The predicted molar refractivity (Wildman–Crippen MR) is 96.1 cm³/mol. The van der Waals surface area contributed by atoms with Gasteiger partial charge >= 0.3 is 5.97 Å². The zero-order valence-electron chi connectivity index (χ0n) is 15.1. The maximum atomic E-state index is 12.7. The molecule has 2 aliphatic rings. The fourth-order valence-electron chi connectivity index (χ4n) is 4.43. The number of benzene rings is 1. The quantitative estimate of drug-likeness (QED) is 0.892. The summed E-state index contributed by atoms with van der Waals surface area (Å²) in [4.78, 5) is 28.1. The molecule has 1 aliphatic carbocycles. The maximum Gasteiger partial charge on any atom is 0.320 e. The number of rotatable bonds is 5. The van der Waals surface area contributed by atoms with Crippen molar-refractivity contribution in [3.63, 3.8) is 0 Å². The van der Waals surface area contributed by atoms with Crippen molar-refractivity contribution in [3.05, 3.63) is 35.4 Å². The number of amides is 1. The van der Waals surface area contributed by atoms with Gasteiger partial charge < -0.3 is 10.0 Å². The van der Waals surface area contributed by atoms with Crippen molar-refractivity contribution < 1.29 is 14.7 Å². The number of carboxylic acid groups (broad SMARTS) is 1. The van der Waals surface area contributed by atoms with Crippen LogP contribution in [0.3, 0.4) is 0 Å². The molecule has 5 nitrogen and oxygen atoms in total. The highest BCUT2D eigenvalue weighted by atomic mass is 16.4. The summed E-state index contributed by atoms with van der Waals surface area (Å²) < 4.78 is 0. The van der Waals surface area contributed by atoms with Crippen LogP contribution >= 0.6 is 0 Å². The summed E-state index contributed by atoms with van der Waals surface area (Å²) in [6.07, 6.45) is 5.12. The average Bonchev–Trinajstić information content (AvgIpc) is 2.96. The van der Waals surface area contributed by atoms with Crippen LogP contribution in [0.1, 0.15) is 43.2 Å². The number of hydrogen-bond acceptors (Lipinski definition) is 3. The van der Waals surface area contributed by atoms with Gasteiger partial charge in [0, 0.05) is 19.6 Å². The van der Waals surface area contributed by atoms with Gasteiger partial charge in [-0.3, -0.25) is 14.5 Å². The molecule has 25 heavy (non-hydrogen) atoms. The Morgan fingerprint density at radius 1 is 1.24 bits per heavy atom. The van der Waals surface area contributed by atoms with E-state index in [0.29, 0.717) is 18.9 Å². The smallest absolute Gasteiger partial charge is 0.320 e. The first-order valence-electron chi connectivity index (χ1n) is 9.24. The third kappa shape index (κ3) is 3.87. The minimum absolute atomic E-state index is 0.000673. The fourth-order valence-corrected chi connectivity index (χ4v) is 4.43. The maximum absolute atomic E-state index is 12.7. The lowest BCUT2D eigenvalue weighted by molar-refractivity contribution is -0.144. The van der Waals surface area contributed by atoms with Crippen LogP contribution in [0.4, 0.5) is 0 Å². The zero-order valence-corrected chi connectivity index (χ0v) is 15.1. The van der Waals surface area contributed by atoms with Gasteiger partial charge in [-0.2, -0.15) is 0 Å². The molecule has 0 radical (unpaired) electrons. The van der Waals surface area contributed by atoms with E-state index in [1.54, 1.807) is 11.9 Å². The molecule has 2 fully saturated rings. The standard InChI is InChI=1S/C20H28N2O3/c1-14-7-3-4-9-16(14)12-21(2)19(23)13-22-17-10-6-5-8-15(17)11-18(22)20(24)25/h3-4,7,9,15,17-18H,5-6,8,10-13H2,1-2H3,(H,24,25)/t15-,17-,18+/m1/s1. The second-order valence-electron chi connectivity index (χ2n) is 7.55. The van der Waals surface area contributed by atoms with Gasteiger partial charge in [-0.05, 0) is 43.2 Å². The van der Waals surface area contributed by atoms with Crippen molar-refractivity contribution in [2.45, 2.75) is 57.7 Å². The van der Waals surface area contributed by atoms with Crippen LogP contribution in [-0.2, 0) is 16.1 Å². The molecular weight excluding hydrogens is 316 g/mol. The van der Waals surface area contributed by atoms with Crippen molar-refractivity contribution >= 4 is 11.9 Å². The van der Waals surface area contributed by atoms with Crippen molar-refractivity contribution in [3.8, 4) is 0 Å². The summed E-state index contributed by atoms with van der Waals surface area (Å²) in [6, 6.07) is 7.79. The number of aryl methyl sites for hydroxylation is 1. The summed E-state index contributed by atoms with van der Waals surface area (Å²) in [5.74, 6) is -0.353. The van der Waals surface area contributed by atoms with Gasteiger partial charge in [-0.25, -0.2) is 0 Å². The zero-order chi connectivity index (χ0) is 18.0. The van der Waals surface area contributed by atoms with Crippen LogP contribution in [0.2, 0.25) is 0 Å². The molecule has 1 aliphatic heterocycles. The van der Waals surface area contributed by atoms with E-state index >= 15 is 0 Å². The number of aliphatic carboxylic acids is 1. The van der Waals surface area contributed by atoms with E-state index < -0.39 is 12.0 Å². The first kappa shape index (κ1) is 17.9. The molecular formula is C20H28N2O3. The molecule has 1 aromatic carbocycles. The molecule has 136 valence electrons. The molecule has 1 heterocycles. The van der Waals surface area contributed by atoms with Crippen LogP contribution in [0.5, 0.6) is 0 Å². The Hall–Kier alpha value is -1.88. The minimum Gasteiger partial charge on any atom is -0.480 e. The van der Waals surface area contributed by atoms with Gasteiger partial charge in [-0.1, -0.05) is 37.1 Å². The second-order valence-corrected chi connectivity index (χ2v) is 7.55. The number of hydrogen-bond donors (Lipinski definition) is 1. The fraction of sp³-hybridized carbons (Fsp3) is 0.600. The van der Waals surface area contributed by atoms with Crippen LogP contribution in [-0.4, -0.2) is 52.5 Å². The monoisotopic (exact) mass is 344 g/mol. The highest BCUT2D eigenvalue weighted by Gasteiger charge is 2.45. The Bertz CT molecular complexity index is 646. The number of likely N-dealkylation sites (tertiary alicyclic amines) is 1. The highest BCUT2D eigenvalue weighted by Crippen LogP contribution is 2.39. The van der Waals surface area contributed by atoms with Gasteiger partial charge in [0.2, 0.25) is 5.91 Å². The average molecular weight is 344 g/mol. The Balaban J connectivity index is 1.67. The van der Waals surface area contributed by atoms with Crippen molar-refractivity contribution in [2.75, 3.05) is 13.6 Å². The van der Waals surface area contributed by atoms with E-state index in [0.717, 1.165) is 24.8 Å². The Kier molecular flexibility index (Phi) is 5.42. The molecule has 0 bridgehead atoms. The van der Waals surface area contributed by atoms with E-state index in [1.807, 2.05) is 36.1 Å². The largest absolute Gasteiger partial charge is 0.480 e. The highest BCUT2D eigenvalue weighted by molar-refractivity contribution is 5.80. The van der Waals surface area contributed by atoms with Crippen LogP contribution in [0.15, 0.2) is 24.3 Å². The van der Waals surface area contributed by atoms with Gasteiger partial charge in [-0.15, -0.1) is 0 Å². The lowest BCUT2D eigenvalue weighted by atomic mass is 9.85. The minimum atomic E-state index is -0.788. The van der Waals surface area contributed by atoms with Crippen molar-refractivity contribution in [1.82, 2.24) is 9.80 Å². The van der Waals surface area contributed by atoms with Crippen LogP contribution in [0.25, 0.3) is 0 Å². The Morgan fingerprint density at radius 2 is 1.96 bits per heavy atom. The normalized spacial score (nSPS) is 26.2. The SMILES string of the molecule is Cc1ccccc1CN(C)C(=O)CN1[C@@H]2CCCC[C@@H]2C[C@H]1C(=O)O. The van der Waals surface area contributed by atoms with Crippen LogP contribution < -0.4 is 0 Å². The van der Waals surface area contributed by atoms with Crippen molar-refractivity contribution in [1.29, 1.82) is 0 Å². The molecule has 0 aromatic heterocycles. The van der Waals surface area contributed by atoms with E-state index in [4.69, 9.17) is 0 Å². The number of carboxylic acids is 1. The van der Waals surface area contributed by atoms with Gasteiger partial charge in [0.15, 0.2) is 0 Å². The first-order valence-corrected chi connectivity index (χ1v) is 9.24. The van der Waals surface area contributed by atoms with Crippen LogP contribution in [0, 0.1) is 12.8 Å². The second kappa shape index (κ2) is 7.56. The summed E-state index contributed by atoms with van der Waals surface area (Å²) in [5.41, 5.74) is 2.30. The topological polar surface area (TPSA) is 60.9 Å². The molecule has 0 unspecified atom stereocenters. The van der Waals surface area contributed by atoms with Gasteiger partial charge in [0.1, 0.15) is 6.04 Å². The molecule has 1 saturated heterocycles. The molecule has 3 rings (SSSR count). The summed E-state index contributed by atoms with van der Waals surface area (Å²) in [7, 11) is 1.80. The van der Waals surface area contributed by atoms with Gasteiger partial charge in [0.05, 0.1) is 6.54 Å². The number of nitrogens with zero attached hydrogens (tertiary/aromatic N) is 2. The molecule has 3 atom stereocenters. The summed E-state index contributed by atoms with van der Waals surface area (Å²) in [6.45, 7) is 2.81. The third-order valence-electron chi connectivity index (χ3n) is 5.92. The summed E-state index contributed by atoms with van der Waals surface area (Å²) in [5, 5.41) is 9.59. The number of fused-ring (bicyclic) bond motifs is 1. The van der Waals surface area contributed by atoms with E-state index in [1.165, 1.54) is 12.0 Å². The molecule has 1 saturated carbocycles. The molecule has 1 N–H and O–H groups in total. The number of carbonyl (C=O) groups excluding carboxylic acids is 1. The van der Waals surface area contributed by atoms with Crippen molar-refractivity contribution in [2.24, 2.45) is 5.92 Å². The molecule has 1 amide bonds. The number of carbonyl (C=O) groups is 2. The van der Waals surface area contributed by atoms with E-state index in [-0.39, 0.29) is 18.5 Å². The number of likely N-dealkylation sites (N-methyl/N-ethyl adjacent to an activating group) is 1. The molecule has 5 heteroatoms. The lowest BCUT2D eigenvalue weighted by Crippen LogP contribution is -2.47. The molecule has 0 spiro atoms. The lowest BCUT2D eigenvalue weighted by Gasteiger charge is -2.33. The first-order chi connectivity index (χ1) is 12.0. The van der Waals surface area contributed by atoms with Gasteiger partial charge in [0.25, 0.3) is 0 Å². The predicted octanol–water partition coefficient (Wildman–Crippen LogP) is 2.67. The Labute approximate surface area is 149 Å². The van der Waals surface area contributed by atoms with E-state index in [9.17, 15) is 14.7 Å². The molecule has 1 aromatic rings. The Morgan fingerprint density at radius 3 is 2.68 bits per heavy atom.